The number of hydrogen-bond donors (Lipinski definition) is 3. The highest BCUT2D eigenvalue weighted by atomic mass is 32.1. The van der Waals surface area contributed by atoms with E-state index in [4.69, 9.17) is 5.73 Å². The Morgan fingerprint density at radius 3 is 2.38 bits per heavy atom. The van der Waals surface area contributed by atoms with Crippen LogP contribution in [0.3, 0.4) is 0 Å². The van der Waals surface area contributed by atoms with Crippen molar-refractivity contribution >= 4 is 34.2 Å². The van der Waals surface area contributed by atoms with Gasteiger partial charge in [0.1, 0.15) is 0 Å². The molecule has 0 aliphatic heterocycles. The zero-order chi connectivity index (χ0) is 35.9. The number of thiazole rings is 1. The Kier molecular flexibility index (Phi) is 16.0. The lowest BCUT2D eigenvalue weighted by atomic mass is 9.74. The minimum atomic E-state index is -0.756. The smallest absolute Gasteiger partial charge is 0.241 e. The van der Waals surface area contributed by atoms with Gasteiger partial charge in [-0.15, -0.1) is 11.3 Å². The molecule has 2 aliphatic rings. The van der Waals surface area contributed by atoms with Crippen LogP contribution in [0.5, 0.6) is 0 Å². The molecule has 0 saturated heterocycles. The fourth-order valence-corrected chi connectivity index (χ4v) is 8.56. The quantitative estimate of drug-likeness (QED) is 0.158. The second kappa shape index (κ2) is 20.1. The van der Waals surface area contributed by atoms with E-state index >= 15 is 4.79 Å². The lowest BCUT2D eigenvalue weighted by molar-refractivity contribution is -0.152. The molecule has 2 aromatic rings. The first-order chi connectivity index (χ1) is 24.1. The average molecular weight is 711 g/mol. The van der Waals surface area contributed by atoms with Crippen LogP contribution in [0.2, 0.25) is 0 Å². The standard InChI is InChI=1S/C39H62N6O4S/c1-4-5-19-34(46)39(2,25-29-14-8-6-9-15-29)45(27-30-16-10-7-11-17-30)37(49)31(23-33-28-50-38(40)43-33)24-35(47)42-26-36(48)44(3)22-20-32-18-12-13-21-41-32/h12-13,18,21,28-31,34,46H,4-11,14-17,19-20,22-27H2,1-3H3,(H2,40,43)(H,42,47)/t31-,34+,39+/m1/s1. The highest BCUT2D eigenvalue weighted by molar-refractivity contribution is 7.13. The van der Waals surface area contributed by atoms with Gasteiger partial charge in [0, 0.05) is 56.7 Å². The van der Waals surface area contributed by atoms with Crippen molar-refractivity contribution < 1.29 is 19.5 Å². The number of carbonyl (C=O) groups is 3. The molecule has 3 atom stereocenters. The van der Waals surface area contributed by atoms with E-state index in [2.05, 4.69) is 29.1 Å². The summed E-state index contributed by atoms with van der Waals surface area (Å²) >= 11 is 1.32. The summed E-state index contributed by atoms with van der Waals surface area (Å²) < 4.78 is 0. The molecule has 4 rings (SSSR count). The van der Waals surface area contributed by atoms with Crippen LogP contribution < -0.4 is 11.1 Å². The molecular weight excluding hydrogens is 649 g/mol. The summed E-state index contributed by atoms with van der Waals surface area (Å²) in [5, 5.41) is 17.1. The van der Waals surface area contributed by atoms with Gasteiger partial charge in [0.05, 0.1) is 29.8 Å². The number of rotatable bonds is 19. The van der Waals surface area contributed by atoms with Gasteiger partial charge in [0.15, 0.2) is 5.13 Å². The Morgan fingerprint density at radius 1 is 1.06 bits per heavy atom. The Balaban J connectivity index is 1.55. The lowest BCUT2D eigenvalue weighted by Crippen LogP contribution is -2.61. The Bertz CT molecular complexity index is 1330. The largest absolute Gasteiger partial charge is 0.391 e. The third-order valence-electron chi connectivity index (χ3n) is 11.1. The summed E-state index contributed by atoms with van der Waals surface area (Å²) in [6.07, 6.45) is 16.6. The van der Waals surface area contributed by atoms with E-state index in [1.807, 2.05) is 28.5 Å². The molecule has 278 valence electrons. The van der Waals surface area contributed by atoms with Crippen molar-refractivity contribution in [1.82, 2.24) is 25.1 Å². The van der Waals surface area contributed by atoms with Crippen LogP contribution in [-0.2, 0) is 27.2 Å². The number of anilines is 1. The third kappa shape index (κ3) is 12.0. The number of amides is 3. The number of nitrogens with one attached hydrogen (secondary N) is 1. The highest BCUT2D eigenvalue weighted by Gasteiger charge is 2.45. The van der Waals surface area contributed by atoms with E-state index < -0.39 is 17.6 Å². The van der Waals surface area contributed by atoms with Gasteiger partial charge >= 0.3 is 0 Å². The molecule has 3 amide bonds. The van der Waals surface area contributed by atoms with Gasteiger partial charge in [0.2, 0.25) is 17.7 Å². The molecular formula is C39H62N6O4S. The van der Waals surface area contributed by atoms with Gasteiger partial charge in [-0.2, -0.15) is 0 Å². The molecule has 0 radical (unpaired) electrons. The topological polar surface area (TPSA) is 142 Å². The number of nitrogens with two attached hydrogens (primary N) is 1. The molecule has 2 heterocycles. The molecule has 2 aliphatic carbocycles. The van der Waals surface area contributed by atoms with E-state index in [9.17, 15) is 14.7 Å². The van der Waals surface area contributed by atoms with Gasteiger partial charge in [0.25, 0.3) is 0 Å². The number of carbonyl (C=O) groups excluding carboxylic acids is 3. The Hall–Kier alpha value is -3.05. The molecule has 0 aromatic carbocycles. The van der Waals surface area contributed by atoms with Crippen LogP contribution in [0.1, 0.15) is 122 Å². The molecule has 10 nitrogen and oxygen atoms in total. The van der Waals surface area contributed by atoms with Gasteiger partial charge < -0.3 is 26.0 Å². The number of unbranched alkanes of at least 4 members (excludes halogenated alkanes) is 1. The maximum Gasteiger partial charge on any atom is 0.241 e. The van der Waals surface area contributed by atoms with E-state index in [-0.39, 0.29) is 37.1 Å². The van der Waals surface area contributed by atoms with Crippen LogP contribution in [0, 0.1) is 17.8 Å². The summed E-state index contributed by atoms with van der Waals surface area (Å²) in [6.45, 7) is 5.16. The monoisotopic (exact) mass is 710 g/mol. The van der Waals surface area contributed by atoms with Crippen LogP contribution in [-0.4, -0.2) is 80.9 Å². The van der Waals surface area contributed by atoms with Gasteiger partial charge in [-0.25, -0.2) is 4.98 Å². The van der Waals surface area contributed by atoms with E-state index in [0.717, 1.165) is 63.5 Å². The first-order valence-electron chi connectivity index (χ1n) is 19.2. The molecule has 2 fully saturated rings. The highest BCUT2D eigenvalue weighted by Crippen LogP contribution is 2.39. The normalized spacial score (nSPS) is 18.2. The molecule has 0 spiro atoms. The van der Waals surface area contributed by atoms with Crippen molar-refractivity contribution in [2.45, 2.75) is 135 Å². The SMILES string of the molecule is CCCC[C@H](O)[C@](C)(CC1CCCCC1)N(CC1CCCCC1)C(=O)[C@@H](CC(=O)NCC(=O)N(C)CCc1ccccn1)Cc1csc(N)n1. The zero-order valence-electron chi connectivity index (χ0n) is 30.8. The average Bonchev–Trinajstić information content (AvgIpc) is 3.55. The molecule has 11 heteroatoms. The molecule has 4 N–H and O–H groups in total. The van der Waals surface area contributed by atoms with Crippen LogP contribution in [0.4, 0.5) is 5.13 Å². The van der Waals surface area contributed by atoms with Crippen molar-refractivity contribution in [3.8, 4) is 0 Å². The summed E-state index contributed by atoms with van der Waals surface area (Å²) in [7, 11) is 1.72. The minimum absolute atomic E-state index is 0.0765. The van der Waals surface area contributed by atoms with Gasteiger partial charge in [-0.05, 0) is 56.6 Å². The maximum atomic E-state index is 15.1. The second-order valence-electron chi connectivity index (χ2n) is 15.1. The Morgan fingerprint density at radius 2 is 1.76 bits per heavy atom. The lowest BCUT2D eigenvalue weighted by Gasteiger charge is -2.49. The number of aliphatic hydroxyl groups is 1. The summed E-state index contributed by atoms with van der Waals surface area (Å²) in [6, 6.07) is 5.70. The summed E-state index contributed by atoms with van der Waals surface area (Å²) in [5.41, 5.74) is 6.82. The van der Waals surface area contributed by atoms with Crippen molar-refractivity contribution in [3.63, 3.8) is 0 Å². The molecule has 2 aromatic heterocycles. The number of pyridine rings is 1. The van der Waals surface area contributed by atoms with Gasteiger partial charge in [-0.3, -0.25) is 19.4 Å². The van der Waals surface area contributed by atoms with Crippen LogP contribution in [0.25, 0.3) is 0 Å². The molecule has 0 unspecified atom stereocenters. The molecule has 2 saturated carbocycles. The van der Waals surface area contributed by atoms with Gasteiger partial charge in [-0.1, -0.05) is 77.2 Å². The van der Waals surface area contributed by atoms with Crippen molar-refractivity contribution in [2.24, 2.45) is 17.8 Å². The number of likely N-dealkylation sites (N-methyl/N-ethyl adjacent to an activating group) is 1. The fraction of sp³-hybridized carbons (Fsp3) is 0.718. The third-order valence-corrected chi connectivity index (χ3v) is 11.8. The first-order valence-corrected chi connectivity index (χ1v) is 20.1. The predicted octanol–water partition coefficient (Wildman–Crippen LogP) is 6.18. The second-order valence-corrected chi connectivity index (χ2v) is 16.0. The van der Waals surface area contributed by atoms with Crippen molar-refractivity contribution in [3.05, 3.63) is 41.2 Å². The van der Waals surface area contributed by atoms with E-state index in [0.29, 0.717) is 48.6 Å². The summed E-state index contributed by atoms with van der Waals surface area (Å²) in [4.78, 5) is 54.0. The van der Waals surface area contributed by atoms with Crippen molar-refractivity contribution in [2.75, 3.05) is 32.4 Å². The minimum Gasteiger partial charge on any atom is -0.391 e. The number of aromatic nitrogens is 2. The van der Waals surface area contributed by atoms with Crippen LogP contribution >= 0.6 is 11.3 Å². The van der Waals surface area contributed by atoms with E-state index in [1.54, 1.807) is 18.1 Å². The molecule has 50 heavy (non-hydrogen) atoms. The van der Waals surface area contributed by atoms with Crippen LogP contribution in [0.15, 0.2) is 29.8 Å². The predicted molar refractivity (Wildman–Crippen MR) is 200 cm³/mol. The summed E-state index contributed by atoms with van der Waals surface area (Å²) in [5.74, 6) is -0.558. The number of hydrogen-bond acceptors (Lipinski definition) is 8. The van der Waals surface area contributed by atoms with E-state index in [1.165, 1.54) is 37.0 Å². The zero-order valence-corrected chi connectivity index (χ0v) is 31.6. The van der Waals surface area contributed by atoms with Crippen molar-refractivity contribution in [1.29, 1.82) is 0 Å². The maximum absolute atomic E-state index is 15.1. The number of nitrogens with zero attached hydrogens (tertiary/aromatic N) is 4. The Labute approximate surface area is 304 Å². The molecule has 0 bridgehead atoms. The fourth-order valence-electron chi connectivity index (χ4n) is 7.98. The number of nitrogen functional groups attached to an aromatic ring is 1. The number of aliphatic hydroxyl groups excluding tert-OH is 1. The first kappa shape index (κ1) is 39.7.